The van der Waals surface area contributed by atoms with E-state index in [-0.39, 0.29) is 6.10 Å². The zero-order valence-electron chi connectivity index (χ0n) is 7.95. The molecule has 1 saturated heterocycles. The molecule has 80 valence electrons. The van der Waals surface area contributed by atoms with Gasteiger partial charge in [-0.25, -0.2) is 4.79 Å². The zero-order chi connectivity index (χ0) is 10.6. The molecular formula is C8H14N2O4. The molecule has 1 fully saturated rings. The highest BCUT2D eigenvalue weighted by molar-refractivity contribution is 5.79. The first kappa shape index (κ1) is 10.8. The van der Waals surface area contributed by atoms with Gasteiger partial charge in [-0.3, -0.25) is 4.79 Å². The average Bonchev–Trinajstić information content (AvgIpc) is 2.56. The van der Waals surface area contributed by atoms with Crippen molar-refractivity contribution in [2.75, 3.05) is 13.1 Å². The number of aliphatic carboxylic acids is 1. The molecule has 1 aliphatic heterocycles. The van der Waals surface area contributed by atoms with Crippen molar-refractivity contribution >= 4 is 12.1 Å². The van der Waals surface area contributed by atoms with E-state index in [1.165, 1.54) is 6.92 Å². The van der Waals surface area contributed by atoms with E-state index in [2.05, 4.69) is 10.6 Å². The first-order valence-corrected chi connectivity index (χ1v) is 4.50. The Hall–Kier alpha value is -1.30. The molecule has 0 aromatic heterocycles. The monoisotopic (exact) mass is 202 g/mol. The summed E-state index contributed by atoms with van der Waals surface area (Å²) in [5, 5.41) is 13.8. The Morgan fingerprint density at radius 3 is 2.86 bits per heavy atom. The van der Waals surface area contributed by atoms with Gasteiger partial charge in [0.25, 0.3) is 0 Å². The summed E-state index contributed by atoms with van der Waals surface area (Å²) >= 11 is 0. The molecule has 0 radical (unpaired) electrons. The van der Waals surface area contributed by atoms with Gasteiger partial charge in [-0.1, -0.05) is 0 Å². The summed E-state index contributed by atoms with van der Waals surface area (Å²) in [4.78, 5) is 21.5. The van der Waals surface area contributed by atoms with Gasteiger partial charge in [0.05, 0.1) is 0 Å². The van der Waals surface area contributed by atoms with Gasteiger partial charge in [-0.15, -0.1) is 0 Å². The molecule has 0 saturated carbocycles. The number of carbonyl (C=O) groups excluding carboxylic acids is 1. The Morgan fingerprint density at radius 1 is 1.64 bits per heavy atom. The van der Waals surface area contributed by atoms with E-state index >= 15 is 0 Å². The van der Waals surface area contributed by atoms with Crippen molar-refractivity contribution in [3.63, 3.8) is 0 Å². The predicted octanol–water partition coefficient (Wildman–Crippen LogP) is -0.452. The van der Waals surface area contributed by atoms with Crippen molar-refractivity contribution in [1.29, 1.82) is 0 Å². The molecule has 0 aromatic carbocycles. The van der Waals surface area contributed by atoms with Gasteiger partial charge < -0.3 is 20.5 Å². The van der Waals surface area contributed by atoms with Gasteiger partial charge >= 0.3 is 12.1 Å². The number of rotatable bonds is 3. The van der Waals surface area contributed by atoms with E-state index in [4.69, 9.17) is 9.84 Å². The Bertz CT molecular complexity index is 225. The second-order valence-electron chi connectivity index (χ2n) is 3.22. The van der Waals surface area contributed by atoms with Crippen LogP contribution in [0.25, 0.3) is 0 Å². The molecule has 0 aromatic rings. The largest absolute Gasteiger partial charge is 0.480 e. The minimum Gasteiger partial charge on any atom is -0.480 e. The lowest BCUT2D eigenvalue weighted by Gasteiger charge is -2.13. The average molecular weight is 202 g/mol. The van der Waals surface area contributed by atoms with Crippen LogP contribution >= 0.6 is 0 Å². The van der Waals surface area contributed by atoms with Crippen LogP contribution in [0.2, 0.25) is 0 Å². The van der Waals surface area contributed by atoms with Crippen molar-refractivity contribution in [2.45, 2.75) is 25.5 Å². The van der Waals surface area contributed by atoms with Gasteiger partial charge in [-0.05, 0) is 19.9 Å². The minimum absolute atomic E-state index is 0.143. The standard InChI is InChI=1S/C8H14N2O4/c1-5(7(11)12)10-8(13)14-6-2-3-9-4-6/h5-6,9H,2-4H2,1H3,(H,10,13)(H,11,12)/t5-,6+/m0/s1. The number of hydrogen-bond acceptors (Lipinski definition) is 4. The maximum atomic E-state index is 11.1. The molecule has 1 heterocycles. The molecule has 6 heteroatoms. The molecule has 3 N–H and O–H groups in total. The Morgan fingerprint density at radius 2 is 2.36 bits per heavy atom. The fourth-order valence-corrected chi connectivity index (χ4v) is 1.15. The first-order valence-electron chi connectivity index (χ1n) is 4.50. The number of amides is 1. The van der Waals surface area contributed by atoms with Crippen LogP contribution in [-0.2, 0) is 9.53 Å². The van der Waals surface area contributed by atoms with Gasteiger partial charge in [0, 0.05) is 6.54 Å². The van der Waals surface area contributed by atoms with E-state index in [0.29, 0.717) is 6.54 Å². The third kappa shape index (κ3) is 3.21. The van der Waals surface area contributed by atoms with Crippen molar-refractivity contribution < 1.29 is 19.4 Å². The van der Waals surface area contributed by atoms with Crippen LogP contribution in [0.4, 0.5) is 4.79 Å². The maximum absolute atomic E-state index is 11.1. The minimum atomic E-state index is -1.08. The molecule has 6 nitrogen and oxygen atoms in total. The second kappa shape index (κ2) is 4.80. The van der Waals surface area contributed by atoms with Crippen LogP contribution < -0.4 is 10.6 Å². The highest BCUT2D eigenvalue weighted by Crippen LogP contribution is 2.03. The number of carboxylic acid groups (broad SMARTS) is 1. The van der Waals surface area contributed by atoms with Crippen LogP contribution in [0.15, 0.2) is 0 Å². The summed E-state index contributed by atoms with van der Waals surface area (Å²) in [7, 11) is 0. The second-order valence-corrected chi connectivity index (χ2v) is 3.22. The summed E-state index contributed by atoms with van der Waals surface area (Å²) in [6.45, 7) is 2.85. The maximum Gasteiger partial charge on any atom is 0.408 e. The normalized spacial score (nSPS) is 22.8. The number of nitrogens with one attached hydrogen (secondary N) is 2. The third-order valence-corrected chi connectivity index (χ3v) is 1.99. The molecule has 1 aliphatic rings. The fraction of sp³-hybridized carbons (Fsp3) is 0.750. The number of ether oxygens (including phenoxy) is 1. The summed E-state index contributed by atoms with van der Waals surface area (Å²) in [6, 6.07) is -0.920. The van der Waals surface area contributed by atoms with Crippen LogP contribution in [0.3, 0.4) is 0 Å². The predicted molar refractivity (Wildman–Crippen MR) is 48.0 cm³/mol. The number of carbonyl (C=O) groups is 2. The van der Waals surface area contributed by atoms with E-state index < -0.39 is 18.1 Å². The Labute approximate surface area is 81.6 Å². The lowest BCUT2D eigenvalue weighted by atomic mass is 10.3. The molecule has 0 unspecified atom stereocenters. The van der Waals surface area contributed by atoms with Crippen molar-refractivity contribution in [3.8, 4) is 0 Å². The summed E-state index contributed by atoms with van der Waals surface area (Å²) in [5.74, 6) is -1.08. The van der Waals surface area contributed by atoms with Gasteiger partial charge in [0.15, 0.2) is 0 Å². The lowest BCUT2D eigenvalue weighted by molar-refractivity contribution is -0.138. The molecular weight excluding hydrogens is 188 g/mol. The molecule has 0 aliphatic carbocycles. The SMILES string of the molecule is C[C@H](NC(=O)O[C@@H]1CCNC1)C(=O)O. The van der Waals surface area contributed by atoms with Crippen molar-refractivity contribution in [3.05, 3.63) is 0 Å². The fourth-order valence-electron chi connectivity index (χ4n) is 1.15. The first-order chi connectivity index (χ1) is 6.59. The van der Waals surface area contributed by atoms with Crippen molar-refractivity contribution in [1.82, 2.24) is 10.6 Å². The molecule has 14 heavy (non-hydrogen) atoms. The summed E-state index contributed by atoms with van der Waals surface area (Å²) < 4.78 is 4.96. The van der Waals surface area contributed by atoms with Crippen LogP contribution in [0.1, 0.15) is 13.3 Å². The third-order valence-electron chi connectivity index (χ3n) is 1.99. The van der Waals surface area contributed by atoms with Crippen LogP contribution in [0, 0.1) is 0 Å². The van der Waals surface area contributed by atoms with E-state index in [0.717, 1.165) is 13.0 Å². The molecule has 0 bridgehead atoms. The van der Waals surface area contributed by atoms with Crippen LogP contribution in [-0.4, -0.2) is 42.4 Å². The highest BCUT2D eigenvalue weighted by atomic mass is 16.6. The molecule has 2 atom stereocenters. The number of hydrogen-bond donors (Lipinski definition) is 3. The molecule has 1 rings (SSSR count). The quantitative estimate of drug-likeness (QED) is 0.576. The zero-order valence-corrected chi connectivity index (χ0v) is 7.95. The van der Waals surface area contributed by atoms with Crippen molar-refractivity contribution in [2.24, 2.45) is 0 Å². The number of carboxylic acids is 1. The van der Waals surface area contributed by atoms with Gasteiger partial charge in [-0.2, -0.15) is 0 Å². The topological polar surface area (TPSA) is 87.7 Å². The lowest BCUT2D eigenvalue weighted by Crippen LogP contribution is -2.40. The smallest absolute Gasteiger partial charge is 0.408 e. The van der Waals surface area contributed by atoms with Gasteiger partial charge in [0.1, 0.15) is 12.1 Å². The summed E-state index contributed by atoms with van der Waals surface area (Å²) in [6.07, 6.45) is -0.0425. The Balaban J connectivity index is 2.24. The van der Waals surface area contributed by atoms with E-state index in [9.17, 15) is 9.59 Å². The van der Waals surface area contributed by atoms with E-state index in [1.807, 2.05) is 0 Å². The highest BCUT2D eigenvalue weighted by Gasteiger charge is 2.21. The summed E-state index contributed by atoms with van der Waals surface area (Å²) in [5.41, 5.74) is 0. The van der Waals surface area contributed by atoms with E-state index in [1.54, 1.807) is 0 Å². The van der Waals surface area contributed by atoms with Crippen LogP contribution in [0.5, 0.6) is 0 Å². The molecule has 1 amide bonds. The molecule has 0 spiro atoms. The Kier molecular flexibility index (Phi) is 3.70. The van der Waals surface area contributed by atoms with Gasteiger partial charge in [0.2, 0.25) is 0 Å². The number of alkyl carbamates (subject to hydrolysis) is 1.